The highest BCUT2D eigenvalue weighted by molar-refractivity contribution is 5.90. The van der Waals surface area contributed by atoms with Gasteiger partial charge in [-0.05, 0) is 53.3 Å². The van der Waals surface area contributed by atoms with Crippen molar-refractivity contribution in [2.45, 2.75) is 44.2 Å². The predicted molar refractivity (Wildman–Crippen MR) is 176 cm³/mol. The third kappa shape index (κ3) is 8.79. The number of aromatic nitrogens is 2. The number of anilines is 1. The second-order valence-corrected chi connectivity index (χ2v) is 10.9. The second-order valence-electron chi connectivity index (χ2n) is 10.9. The summed E-state index contributed by atoms with van der Waals surface area (Å²) in [6, 6.07) is 29.1. The van der Waals surface area contributed by atoms with Crippen molar-refractivity contribution in [3.05, 3.63) is 121 Å². The van der Waals surface area contributed by atoms with Crippen LogP contribution in [0.25, 0.3) is 22.0 Å². The molecule has 0 aliphatic carbocycles. The molecule has 0 radical (unpaired) electrons. The smallest absolute Gasteiger partial charge is 0.305 e. The summed E-state index contributed by atoms with van der Waals surface area (Å²) in [7, 11) is 0. The van der Waals surface area contributed by atoms with Gasteiger partial charge in [0.15, 0.2) is 0 Å². The van der Waals surface area contributed by atoms with E-state index >= 15 is 0 Å². The van der Waals surface area contributed by atoms with Gasteiger partial charge < -0.3 is 26.0 Å². The first-order valence-corrected chi connectivity index (χ1v) is 15.1. The van der Waals surface area contributed by atoms with Crippen LogP contribution in [0.2, 0.25) is 0 Å². The van der Waals surface area contributed by atoms with Crippen LogP contribution >= 0.6 is 0 Å². The zero-order valence-electron chi connectivity index (χ0n) is 24.9. The molecular weight excluding hydrogens is 566 g/mol. The molecule has 5 rings (SSSR count). The fourth-order valence-corrected chi connectivity index (χ4v) is 5.33. The molecule has 9 heteroatoms. The number of carboxylic acids is 1. The summed E-state index contributed by atoms with van der Waals surface area (Å²) < 4.78 is 0. The Labute approximate surface area is 262 Å². The van der Waals surface area contributed by atoms with Crippen molar-refractivity contribution in [3.8, 4) is 11.1 Å². The molecule has 0 aliphatic rings. The Hall–Kier alpha value is -5.44. The zero-order valence-corrected chi connectivity index (χ0v) is 24.9. The second kappa shape index (κ2) is 15.3. The van der Waals surface area contributed by atoms with Crippen LogP contribution in [0.15, 0.2) is 109 Å². The van der Waals surface area contributed by atoms with Crippen LogP contribution in [-0.4, -0.2) is 45.4 Å². The monoisotopic (exact) mass is 603 g/mol. The van der Waals surface area contributed by atoms with E-state index in [1.165, 1.54) is 0 Å². The summed E-state index contributed by atoms with van der Waals surface area (Å²) in [4.78, 5) is 46.1. The number of carbonyl (C=O) groups excluding carboxylic acids is 2. The number of nitrogens with zero attached hydrogens (tertiary/aromatic N) is 1. The number of carboxylic acid groups (broad SMARTS) is 1. The molecule has 5 N–H and O–H groups in total. The zero-order chi connectivity index (χ0) is 31.4. The molecule has 2 atom stereocenters. The molecule has 0 spiro atoms. The molecule has 5 aromatic rings. The fourth-order valence-electron chi connectivity index (χ4n) is 5.33. The number of nitrogens with one attached hydrogen (secondary N) is 4. The summed E-state index contributed by atoms with van der Waals surface area (Å²) in [5, 5.41) is 19.7. The predicted octanol–water partition coefficient (Wildman–Crippen LogP) is 5.87. The van der Waals surface area contributed by atoms with E-state index in [4.69, 9.17) is 0 Å². The van der Waals surface area contributed by atoms with Gasteiger partial charge in [0.25, 0.3) is 0 Å². The largest absolute Gasteiger partial charge is 0.481 e. The Bertz CT molecular complexity index is 1700. The molecule has 0 aliphatic heterocycles. The minimum absolute atomic E-state index is 0.241. The lowest BCUT2D eigenvalue weighted by molar-refractivity contribution is -0.138. The molecule has 0 bridgehead atoms. The first-order valence-electron chi connectivity index (χ1n) is 15.1. The van der Waals surface area contributed by atoms with Gasteiger partial charge in [-0.2, -0.15) is 0 Å². The van der Waals surface area contributed by atoms with E-state index in [2.05, 4.69) is 25.9 Å². The van der Waals surface area contributed by atoms with E-state index in [-0.39, 0.29) is 25.2 Å². The quantitative estimate of drug-likeness (QED) is 0.0950. The van der Waals surface area contributed by atoms with Gasteiger partial charge in [-0.1, -0.05) is 78.9 Å². The Morgan fingerprint density at radius 1 is 0.800 bits per heavy atom. The van der Waals surface area contributed by atoms with E-state index < -0.39 is 24.0 Å². The Kier molecular flexibility index (Phi) is 10.6. The number of benzene rings is 3. The number of rotatable bonds is 15. The Balaban J connectivity index is 1.27. The Morgan fingerprint density at radius 3 is 2.29 bits per heavy atom. The van der Waals surface area contributed by atoms with Crippen molar-refractivity contribution < 1.29 is 19.5 Å². The number of aliphatic carboxylic acids is 1. The van der Waals surface area contributed by atoms with Gasteiger partial charge in [-0.3, -0.25) is 14.4 Å². The Morgan fingerprint density at radius 2 is 1.53 bits per heavy atom. The van der Waals surface area contributed by atoms with Crippen LogP contribution in [0.5, 0.6) is 0 Å². The van der Waals surface area contributed by atoms with Gasteiger partial charge in [0.1, 0.15) is 11.9 Å². The lowest BCUT2D eigenvalue weighted by atomic mass is 9.98. The van der Waals surface area contributed by atoms with E-state index in [0.29, 0.717) is 18.5 Å². The van der Waals surface area contributed by atoms with Crippen LogP contribution in [0.3, 0.4) is 0 Å². The summed E-state index contributed by atoms with van der Waals surface area (Å²) in [5.41, 5.74) is 4.51. The third-order valence-electron chi connectivity index (χ3n) is 7.67. The summed E-state index contributed by atoms with van der Waals surface area (Å²) in [6.07, 6.45) is 5.14. The normalized spacial score (nSPS) is 12.3. The molecule has 230 valence electrons. The summed E-state index contributed by atoms with van der Waals surface area (Å²) in [6.45, 7) is 0.670. The van der Waals surface area contributed by atoms with Gasteiger partial charge in [0.05, 0.1) is 12.5 Å². The molecule has 9 nitrogen and oxygen atoms in total. The van der Waals surface area contributed by atoms with Gasteiger partial charge in [-0.25, -0.2) is 4.98 Å². The summed E-state index contributed by atoms with van der Waals surface area (Å²) in [5.74, 6) is -0.939. The van der Waals surface area contributed by atoms with Crippen LogP contribution in [0.1, 0.15) is 42.9 Å². The standard InChI is InChI=1S/C36H37N5O4/c42-34(15-7-9-21-38-33-14-6-8-20-37-33)40-32(22-28-24-39-30-13-5-4-12-29(28)30)36(45)41-31(23-35(43)44)27-18-16-26(17-19-27)25-10-2-1-3-11-25/h1-6,8,10-14,16-20,24,31-32,39H,7,9,15,21-23H2,(H,37,38)(H,40,42)(H,41,45)(H,43,44)/t31?,32-/m1/s1. The minimum atomic E-state index is -1.04. The molecule has 2 aromatic heterocycles. The molecular formula is C36H37N5O4. The average Bonchev–Trinajstić information content (AvgIpc) is 3.47. The van der Waals surface area contributed by atoms with Gasteiger partial charge in [0, 0.05) is 42.7 Å². The van der Waals surface area contributed by atoms with Crippen molar-refractivity contribution in [2.75, 3.05) is 11.9 Å². The number of hydrogen-bond donors (Lipinski definition) is 5. The number of fused-ring (bicyclic) bond motifs is 1. The fraction of sp³-hybridized carbons (Fsp3) is 0.222. The lowest BCUT2D eigenvalue weighted by Crippen LogP contribution is -2.49. The van der Waals surface area contributed by atoms with Gasteiger partial charge in [0.2, 0.25) is 11.8 Å². The van der Waals surface area contributed by atoms with E-state index in [9.17, 15) is 19.5 Å². The lowest BCUT2D eigenvalue weighted by Gasteiger charge is -2.23. The van der Waals surface area contributed by atoms with Gasteiger partial charge in [-0.15, -0.1) is 0 Å². The molecule has 3 aromatic carbocycles. The van der Waals surface area contributed by atoms with Gasteiger partial charge >= 0.3 is 5.97 Å². The van der Waals surface area contributed by atoms with E-state index in [1.54, 1.807) is 6.20 Å². The van der Waals surface area contributed by atoms with Crippen LogP contribution in [0, 0.1) is 0 Å². The molecule has 0 saturated heterocycles. The molecule has 2 amide bonds. The number of hydrogen-bond acceptors (Lipinski definition) is 5. The maximum atomic E-state index is 13.8. The molecule has 0 fully saturated rings. The number of para-hydroxylation sites is 1. The topological polar surface area (TPSA) is 136 Å². The SMILES string of the molecule is O=C(O)CC(NC(=O)[C@@H](Cc1c[nH]c2ccccc12)NC(=O)CCCCNc1ccccn1)c1ccc(-c2ccccc2)cc1. The highest BCUT2D eigenvalue weighted by Crippen LogP contribution is 2.24. The van der Waals surface area contributed by atoms with Crippen LogP contribution in [0.4, 0.5) is 5.82 Å². The number of carbonyl (C=O) groups is 3. The first kappa shape index (κ1) is 31.0. The molecule has 0 saturated carbocycles. The number of pyridine rings is 1. The average molecular weight is 604 g/mol. The maximum absolute atomic E-state index is 13.8. The van der Waals surface area contributed by atoms with Crippen LogP contribution < -0.4 is 16.0 Å². The molecule has 2 heterocycles. The van der Waals surface area contributed by atoms with Crippen molar-refractivity contribution in [1.29, 1.82) is 0 Å². The molecule has 45 heavy (non-hydrogen) atoms. The third-order valence-corrected chi connectivity index (χ3v) is 7.67. The maximum Gasteiger partial charge on any atom is 0.305 e. The van der Waals surface area contributed by atoms with E-state index in [1.807, 2.05) is 103 Å². The van der Waals surface area contributed by atoms with Crippen molar-refractivity contribution in [3.63, 3.8) is 0 Å². The van der Waals surface area contributed by atoms with Crippen molar-refractivity contribution >= 4 is 34.5 Å². The highest BCUT2D eigenvalue weighted by Gasteiger charge is 2.26. The molecule has 1 unspecified atom stereocenters. The van der Waals surface area contributed by atoms with Crippen molar-refractivity contribution in [2.24, 2.45) is 0 Å². The number of aromatic amines is 1. The summed E-state index contributed by atoms with van der Waals surface area (Å²) >= 11 is 0. The number of unbranched alkanes of at least 4 members (excludes halogenated alkanes) is 1. The number of H-pyrrole nitrogens is 1. The van der Waals surface area contributed by atoms with Crippen LogP contribution in [-0.2, 0) is 20.8 Å². The van der Waals surface area contributed by atoms with Crippen molar-refractivity contribution in [1.82, 2.24) is 20.6 Å². The number of amides is 2. The first-order chi connectivity index (χ1) is 22.0. The van der Waals surface area contributed by atoms with E-state index in [0.717, 1.165) is 39.8 Å². The minimum Gasteiger partial charge on any atom is -0.481 e. The highest BCUT2D eigenvalue weighted by atomic mass is 16.4.